The van der Waals surface area contributed by atoms with E-state index in [1.165, 1.54) is 0 Å². The molecule has 0 spiro atoms. The Bertz CT molecular complexity index is 345. The lowest BCUT2D eigenvalue weighted by molar-refractivity contribution is -0.0616. The predicted molar refractivity (Wildman–Crippen MR) is 93.8 cm³/mol. The van der Waals surface area contributed by atoms with Gasteiger partial charge in [0.05, 0.1) is 24.4 Å². The van der Waals surface area contributed by atoms with Gasteiger partial charge >= 0.3 is 6.09 Å². The maximum atomic E-state index is 11.6. The monoisotopic (exact) mass is 331 g/mol. The van der Waals surface area contributed by atoms with E-state index in [9.17, 15) is 4.79 Å². The zero-order valence-electron chi connectivity index (χ0n) is 16.4. The van der Waals surface area contributed by atoms with Crippen LogP contribution in [0.3, 0.4) is 0 Å². The molecule has 1 amide bonds. The number of rotatable bonds is 10. The molecule has 0 heterocycles. The van der Waals surface area contributed by atoms with Crippen LogP contribution in [0.2, 0.25) is 0 Å². The molecule has 0 aliphatic carbocycles. The lowest BCUT2D eigenvalue weighted by Gasteiger charge is -2.29. The summed E-state index contributed by atoms with van der Waals surface area (Å²) in [5, 5.41) is 2.78. The first-order valence-electron chi connectivity index (χ1n) is 8.47. The van der Waals surface area contributed by atoms with Gasteiger partial charge in [-0.15, -0.1) is 0 Å². The molecule has 0 aliphatic heterocycles. The molecule has 0 saturated carbocycles. The second-order valence-corrected chi connectivity index (χ2v) is 8.49. The molecule has 0 saturated heterocycles. The largest absolute Gasteiger partial charge is 0.449 e. The highest BCUT2D eigenvalue weighted by molar-refractivity contribution is 5.67. The van der Waals surface area contributed by atoms with E-state index in [4.69, 9.17) is 14.2 Å². The predicted octanol–water partition coefficient (Wildman–Crippen LogP) is 4.15. The molecule has 0 aromatic rings. The van der Waals surface area contributed by atoms with Crippen molar-refractivity contribution in [2.24, 2.45) is 5.41 Å². The smallest absolute Gasteiger partial charge is 0.407 e. The minimum Gasteiger partial charge on any atom is -0.449 e. The van der Waals surface area contributed by atoms with E-state index in [1.54, 1.807) is 7.11 Å². The molecule has 1 N–H and O–H groups in total. The summed E-state index contributed by atoms with van der Waals surface area (Å²) in [7, 11) is 1.72. The highest BCUT2D eigenvalue weighted by atomic mass is 16.5. The lowest BCUT2D eigenvalue weighted by Crippen LogP contribution is -2.32. The molecule has 0 rings (SSSR count). The van der Waals surface area contributed by atoms with E-state index in [-0.39, 0.29) is 22.7 Å². The Balaban J connectivity index is 3.83. The van der Waals surface area contributed by atoms with Gasteiger partial charge in [-0.05, 0) is 52.4 Å². The number of hydrogen-bond acceptors (Lipinski definition) is 4. The van der Waals surface area contributed by atoms with Crippen LogP contribution in [0.4, 0.5) is 4.79 Å². The molecule has 5 nitrogen and oxygen atoms in total. The minimum atomic E-state index is -0.347. The standard InChI is InChI=1S/C18H37NO4/c1-16(2,3)14-22-15(20)19-12-9-10-18(6,7)23-13-11-17(4,5)21-8/h9-14H2,1-8H3,(H,19,20). The molecule has 0 aromatic carbocycles. The average Bonchev–Trinajstić information content (AvgIpc) is 2.40. The molecule has 0 radical (unpaired) electrons. The molecular formula is C18H37NO4. The van der Waals surface area contributed by atoms with Crippen LogP contribution in [0.1, 0.15) is 67.7 Å². The zero-order valence-corrected chi connectivity index (χ0v) is 16.4. The van der Waals surface area contributed by atoms with Crippen LogP contribution in [0.15, 0.2) is 0 Å². The number of alkyl carbamates (subject to hydrolysis) is 1. The molecule has 138 valence electrons. The van der Waals surface area contributed by atoms with Crippen molar-refractivity contribution in [2.75, 3.05) is 26.9 Å². The van der Waals surface area contributed by atoms with Gasteiger partial charge in [-0.2, -0.15) is 0 Å². The average molecular weight is 331 g/mol. The van der Waals surface area contributed by atoms with Crippen molar-refractivity contribution in [2.45, 2.75) is 78.9 Å². The number of methoxy groups -OCH3 is 1. The summed E-state index contributed by atoms with van der Waals surface area (Å²) in [5.41, 5.74) is -0.377. The second kappa shape index (κ2) is 9.48. The van der Waals surface area contributed by atoms with E-state index in [1.807, 2.05) is 20.8 Å². The van der Waals surface area contributed by atoms with Crippen molar-refractivity contribution in [3.05, 3.63) is 0 Å². The summed E-state index contributed by atoms with van der Waals surface area (Å²) in [5.74, 6) is 0. The molecule has 23 heavy (non-hydrogen) atoms. The van der Waals surface area contributed by atoms with Gasteiger partial charge in [0.15, 0.2) is 0 Å². The third-order valence-corrected chi connectivity index (χ3v) is 3.61. The van der Waals surface area contributed by atoms with Crippen LogP contribution in [0.25, 0.3) is 0 Å². The van der Waals surface area contributed by atoms with Crippen LogP contribution < -0.4 is 5.32 Å². The van der Waals surface area contributed by atoms with Gasteiger partial charge in [0.1, 0.15) is 0 Å². The summed E-state index contributed by atoms with van der Waals surface area (Å²) in [6.45, 7) is 16.0. The first-order chi connectivity index (χ1) is 10.4. The van der Waals surface area contributed by atoms with Crippen molar-refractivity contribution in [1.82, 2.24) is 5.32 Å². The van der Waals surface area contributed by atoms with Gasteiger partial charge in [-0.1, -0.05) is 20.8 Å². The molecule has 5 heteroatoms. The van der Waals surface area contributed by atoms with Gasteiger partial charge in [-0.3, -0.25) is 0 Å². The van der Waals surface area contributed by atoms with E-state index >= 15 is 0 Å². The molecular weight excluding hydrogens is 294 g/mol. The Morgan fingerprint density at radius 1 is 0.957 bits per heavy atom. The molecule has 0 atom stereocenters. The number of carbonyl (C=O) groups excluding carboxylic acids is 1. The second-order valence-electron chi connectivity index (χ2n) is 8.49. The lowest BCUT2D eigenvalue weighted by atomic mass is 9.99. The van der Waals surface area contributed by atoms with Crippen molar-refractivity contribution in [3.63, 3.8) is 0 Å². The molecule has 0 aliphatic rings. The highest BCUT2D eigenvalue weighted by Crippen LogP contribution is 2.20. The molecule has 0 fully saturated rings. The highest BCUT2D eigenvalue weighted by Gasteiger charge is 2.21. The fraction of sp³-hybridized carbons (Fsp3) is 0.944. The summed E-state index contributed by atoms with van der Waals surface area (Å²) in [6.07, 6.45) is 2.23. The normalized spacial score (nSPS) is 13.0. The molecule has 0 bridgehead atoms. The summed E-state index contributed by atoms with van der Waals surface area (Å²) in [4.78, 5) is 11.6. The van der Waals surface area contributed by atoms with E-state index in [2.05, 4.69) is 33.0 Å². The van der Waals surface area contributed by atoms with Crippen LogP contribution >= 0.6 is 0 Å². The van der Waals surface area contributed by atoms with Crippen molar-refractivity contribution >= 4 is 6.09 Å². The maximum absolute atomic E-state index is 11.6. The number of amides is 1. The summed E-state index contributed by atoms with van der Waals surface area (Å²) in [6, 6.07) is 0. The van der Waals surface area contributed by atoms with Crippen molar-refractivity contribution < 1.29 is 19.0 Å². The Morgan fingerprint density at radius 2 is 1.57 bits per heavy atom. The quantitative estimate of drug-likeness (QED) is 0.611. The Hall–Kier alpha value is -0.810. The minimum absolute atomic E-state index is 0.0108. The fourth-order valence-corrected chi connectivity index (χ4v) is 1.78. The fourth-order valence-electron chi connectivity index (χ4n) is 1.78. The Morgan fingerprint density at radius 3 is 2.09 bits per heavy atom. The Labute approximate surface area is 142 Å². The van der Waals surface area contributed by atoms with Crippen molar-refractivity contribution in [3.8, 4) is 0 Å². The number of hydrogen-bond donors (Lipinski definition) is 1. The van der Waals surface area contributed by atoms with Gasteiger partial charge in [0.2, 0.25) is 0 Å². The summed E-state index contributed by atoms with van der Waals surface area (Å²) >= 11 is 0. The van der Waals surface area contributed by atoms with Crippen LogP contribution in [0.5, 0.6) is 0 Å². The summed E-state index contributed by atoms with van der Waals surface area (Å²) < 4.78 is 16.5. The number of ether oxygens (including phenoxy) is 3. The topological polar surface area (TPSA) is 56.8 Å². The van der Waals surface area contributed by atoms with E-state index < -0.39 is 0 Å². The van der Waals surface area contributed by atoms with Crippen LogP contribution in [-0.2, 0) is 14.2 Å². The third-order valence-electron chi connectivity index (χ3n) is 3.61. The number of nitrogens with one attached hydrogen (secondary N) is 1. The van der Waals surface area contributed by atoms with Gasteiger partial charge in [0.25, 0.3) is 0 Å². The Kier molecular flexibility index (Phi) is 9.14. The molecule has 0 unspecified atom stereocenters. The first-order valence-corrected chi connectivity index (χ1v) is 8.47. The van der Waals surface area contributed by atoms with Gasteiger partial charge in [0, 0.05) is 13.7 Å². The van der Waals surface area contributed by atoms with E-state index in [0.717, 1.165) is 19.3 Å². The SMILES string of the molecule is COC(C)(C)CCOC(C)(C)CCCNC(=O)OCC(C)(C)C. The van der Waals surface area contributed by atoms with E-state index in [0.29, 0.717) is 19.8 Å². The van der Waals surface area contributed by atoms with Crippen LogP contribution in [0, 0.1) is 5.41 Å². The van der Waals surface area contributed by atoms with Crippen molar-refractivity contribution in [1.29, 1.82) is 0 Å². The van der Waals surface area contributed by atoms with Crippen LogP contribution in [-0.4, -0.2) is 44.2 Å². The number of carbonyl (C=O) groups is 1. The third kappa shape index (κ3) is 13.3. The molecule has 0 aromatic heterocycles. The first kappa shape index (κ1) is 22.2. The van der Waals surface area contributed by atoms with Gasteiger partial charge < -0.3 is 19.5 Å². The maximum Gasteiger partial charge on any atom is 0.407 e. The zero-order chi connectivity index (χ0) is 18.1. The van der Waals surface area contributed by atoms with Gasteiger partial charge in [-0.25, -0.2) is 4.79 Å².